The van der Waals surface area contributed by atoms with Gasteiger partial charge in [0, 0.05) is 0 Å². The molecule has 0 aromatic heterocycles. The lowest BCUT2D eigenvalue weighted by molar-refractivity contribution is 0.282. The van der Waals surface area contributed by atoms with Crippen LogP contribution in [-0.2, 0) is 11.0 Å². The topological polar surface area (TPSA) is 66.8 Å². The van der Waals surface area contributed by atoms with Crippen LogP contribution in [0.1, 0.15) is 122 Å². The Morgan fingerprint density at radius 2 is 1.07 bits per heavy atom. The number of hydrogen-bond donors (Lipinski definition) is 2. The van der Waals surface area contributed by atoms with E-state index in [1.165, 1.54) is 96.3 Å². The van der Waals surface area contributed by atoms with Crippen molar-refractivity contribution < 1.29 is 18.9 Å². The molecule has 5 heteroatoms. The average molecular weight is 441 g/mol. The minimum absolute atomic E-state index is 0.308. The van der Waals surface area contributed by atoms with Crippen molar-refractivity contribution >= 4 is 7.82 Å². The number of hydrogen-bond acceptors (Lipinski definition) is 2. The number of phosphoric ester groups is 1. The van der Waals surface area contributed by atoms with Crippen LogP contribution in [-0.4, -0.2) is 9.79 Å². The van der Waals surface area contributed by atoms with Crippen LogP contribution in [0, 0.1) is 0 Å². The average Bonchev–Trinajstić information content (AvgIpc) is 2.70. The Balaban J connectivity index is 1.90. The molecule has 2 N–H and O–H groups in total. The van der Waals surface area contributed by atoms with Crippen LogP contribution in [0.3, 0.4) is 0 Å². The highest BCUT2D eigenvalue weighted by Crippen LogP contribution is 2.39. The largest absolute Gasteiger partial charge is 0.524 e. The molecule has 0 heterocycles. The molecular weight excluding hydrogens is 395 g/mol. The summed E-state index contributed by atoms with van der Waals surface area (Å²) in [6.45, 7) is 2.28. The first-order chi connectivity index (χ1) is 14.5. The summed E-state index contributed by atoms with van der Waals surface area (Å²) in [6, 6.07) is 7.14. The van der Waals surface area contributed by atoms with E-state index in [1.807, 2.05) is 12.1 Å². The van der Waals surface area contributed by atoms with Gasteiger partial charge in [-0.25, -0.2) is 4.57 Å². The van der Waals surface area contributed by atoms with Crippen molar-refractivity contribution in [1.29, 1.82) is 0 Å². The summed E-state index contributed by atoms with van der Waals surface area (Å²) >= 11 is 0. The summed E-state index contributed by atoms with van der Waals surface area (Å²) in [5, 5.41) is 0. The van der Waals surface area contributed by atoms with Crippen molar-refractivity contribution in [3.8, 4) is 5.75 Å². The van der Waals surface area contributed by atoms with Gasteiger partial charge < -0.3 is 4.52 Å². The van der Waals surface area contributed by atoms with Crippen LogP contribution in [0.2, 0.25) is 0 Å². The van der Waals surface area contributed by atoms with Crippen LogP contribution >= 0.6 is 7.82 Å². The molecule has 174 valence electrons. The molecule has 0 saturated carbocycles. The van der Waals surface area contributed by atoms with Gasteiger partial charge in [0.05, 0.1) is 0 Å². The number of phosphoric acid groups is 1. The molecule has 0 saturated heterocycles. The van der Waals surface area contributed by atoms with Gasteiger partial charge >= 0.3 is 7.82 Å². The third-order valence-corrected chi connectivity index (χ3v) is 6.17. The van der Waals surface area contributed by atoms with Gasteiger partial charge in [0.25, 0.3) is 0 Å². The number of unbranched alkanes of at least 4 members (excludes halogenated alkanes) is 16. The second-order valence-corrected chi connectivity index (χ2v) is 9.76. The van der Waals surface area contributed by atoms with Crippen LogP contribution in [0.15, 0.2) is 24.3 Å². The minimum atomic E-state index is -4.49. The fraction of sp³-hybridized carbons (Fsp3) is 0.760. The Kier molecular flexibility index (Phi) is 16.2. The maximum atomic E-state index is 11.1. The second kappa shape index (κ2) is 17.8. The highest BCUT2D eigenvalue weighted by atomic mass is 31.2. The van der Waals surface area contributed by atoms with Gasteiger partial charge in [0.2, 0.25) is 0 Å². The molecule has 0 aliphatic heterocycles. The Morgan fingerprint density at radius 3 is 1.50 bits per heavy atom. The molecule has 0 unspecified atom stereocenters. The molecule has 4 nitrogen and oxygen atoms in total. The van der Waals surface area contributed by atoms with Crippen molar-refractivity contribution in [3.63, 3.8) is 0 Å². The van der Waals surface area contributed by atoms with E-state index in [0.29, 0.717) is 5.75 Å². The number of para-hydroxylation sites is 1. The Hall–Kier alpha value is -0.830. The molecule has 30 heavy (non-hydrogen) atoms. The predicted octanol–water partition coefficient (Wildman–Crippen LogP) is 8.35. The molecule has 1 rings (SSSR count). The molecule has 0 aliphatic carbocycles. The summed E-state index contributed by atoms with van der Waals surface area (Å²) in [6.07, 6.45) is 23.7. The van der Waals surface area contributed by atoms with Crippen molar-refractivity contribution in [3.05, 3.63) is 29.8 Å². The van der Waals surface area contributed by atoms with Crippen LogP contribution < -0.4 is 4.52 Å². The van der Waals surface area contributed by atoms with Gasteiger partial charge in [-0.3, -0.25) is 9.79 Å². The highest BCUT2D eigenvalue weighted by Gasteiger charge is 2.17. The van der Waals surface area contributed by atoms with E-state index in [1.54, 1.807) is 12.1 Å². The summed E-state index contributed by atoms with van der Waals surface area (Å²) in [5.74, 6) is 0.308. The van der Waals surface area contributed by atoms with E-state index < -0.39 is 7.82 Å². The number of benzene rings is 1. The van der Waals surface area contributed by atoms with E-state index in [4.69, 9.17) is 14.3 Å². The first kappa shape index (κ1) is 27.2. The molecule has 0 bridgehead atoms. The Bertz CT molecular complexity index is 570. The molecule has 1 aromatic rings. The van der Waals surface area contributed by atoms with Gasteiger partial charge in [-0.2, -0.15) is 0 Å². The SMILES string of the molecule is CCCCCCCCCCCCCCCCCCCc1ccccc1OP(=O)(O)O. The first-order valence-electron chi connectivity index (χ1n) is 12.4. The van der Waals surface area contributed by atoms with Crippen molar-refractivity contribution in [2.45, 2.75) is 122 Å². The minimum Gasteiger partial charge on any atom is -0.404 e. The normalized spacial score (nSPS) is 11.7. The molecular formula is C25H45O4P. The summed E-state index contributed by atoms with van der Waals surface area (Å²) in [5.41, 5.74) is 0.877. The zero-order valence-corrected chi connectivity index (χ0v) is 20.1. The van der Waals surface area contributed by atoms with E-state index in [0.717, 1.165) is 24.8 Å². The van der Waals surface area contributed by atoms with Gasteiger partial charge in [0.15, 0.2) is 0 Å². The predicted molar refractivity (Wildman–Crippen MR) is 127 cm³/mol. The molecule has 1 aromatic carbocycles. The number of aryl methyl sites for hydroxylation is 1. The molecule has 0 aliphatic rings. The van der Waals surface area contributed by atoms with E-state index in [-0.39, 0.29) is 0 Å². The zero-order valence-electron chi connectivity index (χ0n) is 19.2. The summed E-state index contributed by atoms with van der Waals surface area (Å²) < 4.78 is 15.8. The quantitative estimate of drug-likeness (QED) is 0.158. The third kappa shape index (κ3) is 15.9. The van der Waals surface area contributed by atoms with Gasteiger partial charge in [-0.15, -0.1) is 0 Å². The van der Waals surface area contributed by atoms with Crippen molar-refractivity contribution in [1.82, 2.24) is 0 Å². The van der Waals surface area contributed by atoms with Gasteiger partial charge in [0.1, 0.15) is 5.75 Å². The van der Waals surface area contributed by atoms with Crippen molar-refractivity contribution in [2.75, 3.05) is 0 Å². The van der Waals surface area contributed by atoms with Gasteiger partial charge in [-0.1, -0.05) is 128 Å². The monoisotopic (exact) mass is 440 g/mol. The standard InChI is InChI=1S/C25H45O4P/c1-2-3-4-5-6-7-8-9-10-11-12-13-14-15-16-17-18-21-24-22-19-20-23-25(24)29-30(26,27)28/h19-20,22-23H,2-18,21H2,1H3,(H2,26,27,28). The highest BCUT2D eigenvalue weighted by molar-refractivity contribution is 7.46. The first-order valence-corrected chi connectivity index (χ1v) is 13.9. The fourth-order valence-corrected chi connectivity index (χ4v) is 4.40. The fourth-order valence-electron chi connectivity index (χ4n) is 3.97. The lowest BCUT2D eigenvalue weighted by atomic mass is 10.0. The zero-order chi connectivity index (χ0) is 21.9. The maximum Gasteiger partial charge on any atom is 0.524 e. The Labute approximate surface area is 185 Å². The molecule has 0 spiro atoms. The summed E-state index contributed by atoms with van der Waals surface area (Å²) in [7, 11) is -4.49. The van der Waals surface area contributed by atoms with E-state index in [9.17, 15) is 4.57 Å². The third-order valence-electron chi connectivity index (χ3n) is 5.74. The molecule has 0 atom stereocenters. The second-order valence-electron chi connectivity index (χ2n) is 8.60. The molecule has 0 amide bonds. The van der Waals surface area contributed by atoms with Crippen LogP contribution in [0.25, 0.3) is 0 Å². The summed E-state index contributed by atoms with van der Waals surface area (Å²) in [4.78, 5) is 18.0. The van der Waals surface area contributed by atoms with E-state index in [2.05, 4.69) is 6.92 Å². The van der Waals surface area contributed by atoms with Gasteiger partial charge in [-0.05, 0) is 24.5 Å². The van der Waals surface area contributed by atoms with Crippen LogP contribution in [0.5, 0.6) is 5.75 Å². The lowest BCUT2D eigenvalue weighted by Crippen LogP contribution is -1.95. The van der Waals surface area contributed by atoms with Crippen molar-refractivity contribution in [2.24, 2.45) is 0 Å². The Morgan fingerprint density at radius 1 is 0.667 bits per heavy atom. The number of rotatable bonds is 20. The maximum absolute atomic E-state index is 11.1. The molecule has 0 radical (unpaired) electrons. The lowest BCUT2D eigenvalue weighted by Gasteiger charge is -2.11. The molecule has 0 fully saturated rings. The van der Waals surface area contributed by atoms with Crippen LogP contribution in [0.4, 0.5) is 0 Å². The smallest absolute Gasteiger partial charge is 0.404 e. The van der Waals surface area contributed by atoms with E-state index >= 15 is 0 Å².